The number of ether oxygens (including phenoxy) is 2. The molecule has 0 saturated carbocycles. The third kappa shape index (κ3) is 9.29. The number of halogens is 1. The van der Waals surface area contributed by atoms with Gasteiger partial charge in [-0.15, -0.1) is 0 Å². The van der Waals surface area contributed by atoms with Gasteiger partial charge in [-0.2, -0.15) is 0 Å². The SMILES string of the molecule is CC(C)OC(=O)CNC(=O)c1ccc(C(=O)NS(=O)(=O)c2ccc(C(=O)NCCOc3ccccc3)cc2Cl)cn1. The zero-order chi connectivity index (χ0) is 30.0. The van der Waals surface area contributed by atoms with Gasteiger partial charge in [-0.25, -0.2) is 13.1 Å². The predicted molar refractivity (Wildman–Crippen MR) is 148 cm³/mol. The molecule has 0 aliphatic heterocycles. The molecule has 3 rings (SSSR count). The van der Waals surface area contributed by atoms with E-state index < -0.39 is 38.6 Å². The molecule has 0 aliphatic carbocycles. The molecule has 0 aliphatic rings. The molecule has 0 saturated heterocycles. The fourth-order valence-corrected chi connectivity index (χ4v) is 4.78. The molecule has 3 aromatic rings. The number of hydrogen-bond acceptors (Lipinski definition) is 9. The predicted octanol–water partition coefficient (Wildman–Crippen LogP) is 2.34. The molecule has 1 heterocycles. The summed E-state index contributed by atoms with van der Waals surface area (Å²) in [6.45, 7) is 3.37. The summed E-state index contributed by atoms with van der Waals surface area (Å²) < 4.78 is 37.9. The minimum Gasteiger partial charge on any atom is -0.492 e. The summed E-state index contributed by atoms with van der Waals surface area (Å²) in [5, 5.41) is 4.69. The molecule has 41 heavy (non-hydrogen) atoms. The monoisotopic (exact) mass is 602 g/mol. The Morgan fingerprint density at radius 2 is 1.61 bits per heavy atom. The summed E-state index contributed by atoms with van der Waals surface area (Å²) in [4.78, 5) is 52.1. The third-order valence-electron chi connectivity index (χ3n) is 5.13. The summed E-state index contributed by atoms with van der Waals surface area (Å²) in [5.41, 5.74) is -0.157. The van der Waals surface area contributed by atoms with Gasteiger partial charge in [-0.05, 0) is 56.3 Å². The van der Waals surface area contributed by atoms with Crippen LogP contribution in [0.25, 0.3) is 0 Å². The quantitative estimate of drug-likeness (QED) is 0.208. The Morgan fingerprint density at radius 3 is 2.24 bits per heavy atom. The highest BCUT2D eigenvalue weighted by molar-refractivity contribution is 7.90. The van der Waals surface area contributed by atoms with E-state index in [2.05, 4.69) is 15.6 Å². The molecular weight excluding hydrogens is 576 g/mol. The molecule has 0 fully saturated rings. The maximum atomic E-state index is 12.8. The second-order valence-corrected chi connectivity index (χ2v) is 10.7. The summed E-state index contributed by atoms with van der Waals surface area (Å²) in [7, 11) is -4.43. The van der Waals surface area contributed by atoms with Crippen LogP contribution in [0.4, 0.5) is 0 Å². The lowest BCUT2D eigenvalue weighted by Gasteiger charge is -2.11. The van der Waals surface area contributed by atoms with E-state index in [9.17, 15) is 27.6 Å². The van der Waals surface area contributed by atoms with Crippen molar-refractivity contribution in [3.8, 4) is 5.75 Å². The first-order chi connectivity index (χ1) is 19.5. The number of amides is 3. The number of benzene rings is 2. The lowest BCUT2D eigenvalue weighted by atomic mass is 10.2. The number of nitrogens with zero attached hydrogens (tertiary/aromatic N) is 1. The standard InChI is InChI=1S/C27H27ClN4O8S/c1-17(2)40-24(33)16-31-27(36)22-10-8-19(15-30-22)26(35)32-41(37,38)23-11-9-18(14-21(23)28)25(34)29-12-13-39-20-6-4-3-5-7-20/h3-11,14-15,17H,12-13,16H2,1-2H3,(H,29,34)(H,31,36)(H,32,35). The first-order valence-electron chi connectivity index (χ1n) is 12.2. The number of para-hydroxylation sites is 1. The Hall–Kier alpha value is -4.49. The van der Waals surface area contributed by atoms with Gasteiger partial charge in [-0.3, -0.25) is 24.2 Å². The van der Waals surface area contributed by atoms with E-state index in [4.69, 9.17) is 21.1 Å². The zero-order valence-electron chi connectivity index (χ0n) is 22.0. The highest BCUT2D eigenvalue weighted by atomic mass is 35.5. The van der Waals surface area contributed by atoms with Gasteiger partial charge in [0.2, 0.25) is 0 Å². The first kappa shape index (κ1) is 31.0. The summed E-state index contributed by atoms with van der Waals surface area (Å²) in [6.07, 6.45) is 0.665. The molecule has 3 amide bonds. The zero-order valence-corrected chi connectivity index (χ0v) is 23.6. The Labute approximate surface area is 241 Å². The Kier molecular flexibility index (Phi) is 10.8. The van der Waals surface area contributed by atoms with E-state index in [1.165, 1.54) is 24.3 Å². The molecule has 3 N–H and O–H groups in total. The second kappa shape index (κ2) is 14.2. The number of nitrogens with one attached hydrogen (secondary N) is 3. The molecule has 0 radical (unpaired) electrons. The smallest absolute Gasteiger partial charge is 0.325 e. The van der Waals surface area contributed by atoms with Crippen molar-refractivity contribution in [3.63, 3.8) is 0 Å². The lowest BCUT2D eigenvalue weighted by molar-refractivity contribution is -0.146. The molecule has 216 valence electrons. The van der Waals surface area contributed by atoms with Gasteiger partial charge in [0.25, 0.3) is 27.7 Å². The van der Waals surface area contributed by atoms with Gasteiger partial charge < -0.3 is 20.1 Å². The van der Waals surface area contributed by atoms with Crippen molar-refractivity contribution in [1.29, 1.82) is 0 Å². The van der Waals surface area contributed by atoms with Gasteiger partial charge in [0.05, 0.1) is 23.2 Å². The normalized spacial score (nSPS) is 10.9. The van der Waals surface area contributed by atoms with E-state index >= 15 is 0 Å². The Morgan fingerprint density at radius 1 is 0.902 bits per heavy atom. The average Bonchev–Trinajstić information content (AvgIpc) is 2.93. The number of carbonyl (C=O) groups is 4. The van der Waals surface area contributed by atoms with Crippen molar-refractivity contribution >= 4 is 45.3 Å². The van der Waals surface area contributed by atoms with Crippen molar-refractivity contribution < 1.29 is 37.1 Å². The fraction of sp³-hybridized carbons (Fsp3) is 0.222. The summed E-state index contributed by atoms with van der Waals surface area (Å²) in [5.74, 6) is -2.19. The molecule has 2 aromatic carbocycles. The largest absolute Gasteiger partial charge is 0.492 e. The summed E-state index contributed by atoms with van der Waals surface area (Å²) in [6, 6.07) is 14.9. The van der Waals surface area contributed by atoms with Gasteiger partial charge in [0.1, 0.15) is 29.5 Å². The van der Waals surface area contributed by atoms with E-state index in [-0.39, 0.29) is 47.6 Å². The van der Waals surface area contributed by atoms with Crippen LogP contribution < -0.4 is 20.1 Å². The van der Waals surface area contributed by atoms with Crippen molar-refractivity contribution in [2.45, 2.75) is 24.8 Å². The molecule has 0 spiro atoms. The average molecular weight is 603 g/mol. The Bertz CT molecular complexity index is 1510. The van der Waals surface area contributed by atoms with Crippen LogP contribution in [0.2, 0.25) is 5.02 Å². The van der Waals surface area contributed by atoms with Crippen molar-refractivity contribution in [2.24, 2.45) is 0 Å². The molecule has 1 aromatic heterocycles. The maximum Gasteiger partial charge on any atom is 0.325 e. The van der Waals surface area contributed by atoms with Crippen LogP contribution in [0, 0.1) is 0 Å². The molecule has 12 nitrogen and oxygen atoms in total. The van der Waals surface area contributed by atoms with E-state index in [0.717, 1.165) is 12.3 Å². The lowest BCUT2D eigenvalue weighted by Crippen LogP contribution is -2.33. The highest BCUT2D eigenvalue weighted by Gasteiger charge is 2.23. The topological polar surface area (TPSA) is 170 Å². The van der Waals surface area contributed by atoms with Gasteiger partial charge in [0, 0.05) is 11.8 Å². The second-order valence-electron chi connectivity index (χ2n) is 8.65. The highest BCUT2D eigenvalue weighted by Crippen LogP contribution is 2.23. The maximum absolute atomic E-state index is 12.8. The van der Waals surface area contributed by atoms with Crippen molar-refractivity contribution in [2.75, 3.05) is 19.7 Å². The number of carbonyl (C=O) groups excluding carboxylic acids is 4. The molecule has 14 heteroatoms. The van der Waals surface area contributed by atoms with Gasteiger partial charge in [0.15, 0.2) is 0 Å². The van der Waals surface area contributed by atoms with Crippen LogP contribution in [0.5, 0.6) is 5.75 Å². The number of esters is 1. The molecular formula is C27H27ClN4O8S. The fourth-order valence-electron chi connectivity index (χ4n) is 3.26. The summed E-state index contributed by atoms with van der Waals surface area (Å²) >= 11 is 6.14. The number of aromatic nitrogens is 1. The number of pyridine rings is 1. The van der Waals surface area contributed by atoms with E-state index in [0.29, 0.717) is 5.75 Å². The first-order valence-corrected chi connectivity index (χ1v) is 14.1. The molecule has 0 bridgehead atoms. The van der Waals surface area contributed by atoms with Crippen LogP contribution in [0.15, 0.2) is 71.8 Å². The van der Waals surface area contributed by atoms with Crippen molar-refractivity contribution in [3.05, 3.63) is 88.7 Å². The minimum atomic E-state index is -4.43. The number of sulfonamides is 1. The van der Waals surface area contributed by atoms with Crippen LogP contribution in [0.3, 0.4) is 0 Å². The third-order valence-corrected chi connectivity index (χ3v) is 6.94. The van der Waals surface area contributed by atoms with Crippen LogP contribution >= 0.6 is 11.6 Å². The van der Waals surface area contributed by atoms with Gasteiger partial charge in [-0.1, -0.05) is 29.8 Å². The van der Waals surface area contributed by atoms with Crippen LogP contribution in [0.1, 0.15) is 45.1 Å². The Balaban J connectivity index is 1.56. The van der Waals surface area contributed by atoms with E-state index in [1.807, 2.05) is 22.9 Å². The number of rotatable bonds is 12. The van der Waals surface area contributed by atoms with Gasteiger partial charge >= 0.3 is 5.97 Å². The molecule has 0 atom stereocenters. The van der Waals surface area contributed by atoms with Crippen LogP contribution in [-0.2, 0) is 19.6 Å². The van der Waals surface area contributed by atoms with Crippen LogP contribution in [-0.4, -0.2) is 62.9 Å². The minimum absolute atomic E-state index is 0.106. The number of hydrogen-bond donors (Lipinski definition) is 3. The molecule has 0 unspecified atom stereocenters. The van der Waals surface area contributed by atoms with Crippen molar-refractivity contribution in [1.82, 2.24) is 20.3 Å². The van der Waals surface area contributed by atoms with E-state index in [1.54, 1.807) is 26.0 Å².